The van der Waals surface area contributed by atoms with E-state index in [4.69, 9.17) is 5.73 Å². The molecule has 0 spiro atoms. The number of nitrogens with zero attached hydrogens (tertiary/aromatic N) is 2. The second-order valence-corrected chi connectivity index (χ2v) is 3.39. The van der Waals surface area contributed by atoms with Crippen molar-refractivity contribution in [1.29, 1.82) is 0 Å². The van der Waals surface area contributed by atoms with E-state index in [1.54, 1.807) is 0 Å². The topological polar surface area (TPSA) is 122 Å². The van der Waals surface area contributed by atoms with Crippen molar-refractivity contribution in [3.63, 3.8) is 0 Å². The first-order valence-electron chi connectivity index (χ1n) is 4.69. The Morgan fingerprint density at radius 1 is 1.65 bits per heavy atom. The second kappa shape index (κ2) is 7.05. The van der Waals surface area contributed by atoms with Gasteiger partial charge in [-0.05, 0) is 13.3 Å². The first kappa shape index (κ1) is 15.6. The van der Waals surface area contributed by atoms with E-state index in [-0.39, 0.29) is 23.5 Å². The monoisotopic (exact) mass is 287 g/mol. The number of hydrogen-bond donors (Lipinski definition) is 2. The molecule has 0 aliphatic heterocycles. The van der Waals surface area contributed by atoms with Gasteiger partial charge in [-0.25, -0.2) is 0 Å². The van der Waals surface area contributed by atoms with E-state index < -0.39 is 24.0 Å². The molecule has 1 heterocycles. The number of amides is 1. The number of hydrogen-bond acceptors (Lipinski definition) is 5. The van der Waals surface area contributed by atoms with Gasteiger partial charge in [0.2, 0.25) is 5.91 Å². The van der Waals surface area contributed by atoms with Gasteiger partial charge in [-0.2, -0.15) is 0 Å². The predicted molar refractivity (Wildman–Crippen MR) is 51.8 cm³/mol. The third-order valence-corrected chi connectivity index (χ3v) is 1.94. The number of nitrogens with two attached hydrogens (primary N) is 1. The molecule has 8 heteroatoms. The van der Waals surface area contributed by atoms with Gasteiger partial charge < -0.3 is 30.9 Å². The van der Waals surface area contributed by atoms with Crippen LogP contribution < -0.4 is 21.1 Å². The normalized spacial score (nSPS) is 13.3. The van der Waals surface area contributed by atoms with E-state index in [0.29, 0.717) is 5.69 Å². The van der Waals surface area contributed by atoms with Crippen molar-refractivity contribution in [1.82, 2.24) is 15.3 Å². The molecular formula is C9H12CuN4O3. The summed E-state index contributed by atoms with van der Waals surface area (Å²) in [5.74, 6) is -1.93. The van der Waals surface area contributed by atoms with Crippen molar-refractivity contribution in [3.05, 3.63) is 18.2 Å². The minimum Gasteiger partial charge on any atom is -0.548 e. The van der Waals surface area contributed by atoms with Crippen molar-refractivity contribution in [3.8, 4) is 0 Å². The number of nitrogens with one attached hydrogen (secondary N) is 1. The summed E-state index contributed by atoms with van der Waals surface area (Å²) in [5, 5.41) is 13.0. The summed E-state index contributed by atoms with van der Waals surface area (Å²) in [5.41, 5.74) is 5.78. The molecule has 0 fully saturated rings. The van der Waals surface area contributed by atoms with Gasteiger partial charge >= 0.3 is 17.1 Å². The minimum atomic E-state index is -1.38. The van der Waals surface area contributed by atoms with E-state index in [0.717, 1.165) is 0 Å². The Bertz CT molecular complexity index is 366. The Labute approximate surface area is 109 Å². The maximum absolute atomic E-state index is 11.2. The van der Waals surface area contributed by atoms with Crippen molar-refractivity contribution in [2.75, 3.05) is 0 Å². The first-order chi connectivity index (χ1) is 7.50. The number of carbonyl (C=O) groups is 2. The standard InChI is InChI=1S/C9H14N4O3.Cu/c1-5(10)8(14)13-7(9(15)16)2-6-3-11-4-12-6;/h3-5,7H,2,10H2,1H3,(H3,11,12,13,14,15,16);/q;+2/p-2. The SMILES string of the molecule is CC(N)C(=O)NC(Cc1c[n-]cn1)C(=O)[O-].[Cu+2]. The van der Waals surface area contributed by atoms with Crippen LogP contribution in [-0.2, 0) is 33.1 Å². The zero-order chi connectivity index (χ0) is 12.1. The van der Waals surface area contributed by atoms with Gasteiger partial charge in [-0.1, -0.05) is 18.2 Å². The van der Waals surface area contributed by atoms with Crippen molar-refractivity contribution in [2.45, 2.75) is 25.4 Å². The van der Waals surface area contributed by atoms with E-state index in [2.05, 4.69) is 15.3 Å². The van der Waals surface area contributed by atoms with Crippen LogP contribution in [0.3, 0.4) is 0 Å². The zero-order valence-corrected chi connectivity index (χ0v) is 9.96. The van der Waals surface area contributed by atoms with E-state index in [9.17, 15) is 14.7 Å². The van der Waals surface area contributed by atoms with Gasteiger partial charge in [-0.15, -0.1) is 0 Å². The molecule has 0 saturated heterocycles. The van der Waals surface area contributed by atoms with Crippen LogP contribution in [0, 0.1) is 0 Å². The van der Waals surface area contributed by atoms with Crippen molar-refractivity contribution < 1.29 is 31.8 Å². The van der Waals surface area contributed by atoms with E-state index in [1.165, 1.54) is 19.4 Å². The molecule has 7 nitrogen and oxygen atoms in total. The molecule has 1 aromatic rings. The molecule has 0 aliphatic carbocycles. The van der Waals surface area contributed by atoms with Crippen LogP contribution in [0.1, 0.15) is 12.6 Å². The van der Waals surface area contributed by atoms with Crippen LogP contribution in [0.4, 0.5) is 0 Å². The van der Waals surface area contributed by atoms with Gasteiger partial charge in [0.25, 0.3) is 0 Å². The van der Waals surface area contributed by atoms with E-state index in [1.807, 2.05) is 0 Å². The Balaban J connectivity index is 0.00000256. The quantitative estimate of drug-likeness (QED) is 0.563. The smallest absolute Gasteiger partial charge is 0.548 e. The molecular weight excluding hydrogens is 276 g/mol. The number of carboxylic acid groups (broad SMARTS) is 1. The molecule has 2 unspecified atom stereocenters. The number of carboxylic acids is 1. The molecule has 1 amide bonds. The Kier molecular flexibility index (Phi) is 6.48. The maximum Gasteiger partial charge on any atom is 2.00 e. The van der Waals surface area contributed by atoms with Crippen LogP contribution in [-0.4, -0.2) is 28.9 Å². The largest absolute Gasteiger partial charge is 2.00 e. The number of rotatable bonds is 5. The average molecular weight is 288 g/mol. The van der Waals surface area contributed by atoms with Crippen molar-refractivity contribution >= 4 is 11.9 Å². The third-order valence-electron chi connectivity index (χ3n) is 1.94. The van der Waals surface area contributed by atoms with Crippen LogP contribution in [0.5, 0.6) is 0 Å². The predicted octanol–water partition coefficient (Wildman–Crippen LogP) is -2.84. The summed E-state index contributed by atoms with van der Waals surface area (Å²) in [7, 11) is 0. The molecule has 1 aromatic heterocycles. The fraction of sp³-hybridized carbons (Fsp3) is 0.444. The van der Waals surface area contributed by atoms with Gasteiger partial charge in [-0.3, -0.25) is 4.79 Å². The minimum absolute atomic E-state index is 0. The van der Waals surface area contributed by atoms with Crippen LogP contribution in [0.25, 0.3) is 0 Å². The number of aliphatic carboxylic acids is 1. The Hall–Kier alpha value is -1.37. The van der Waals surface area contributed by atoms with Crippen LogP contribution in [0.15, 0.2) is 12.5 Å². The Morgan fingerprint density at radius 2 is 2.29 bits per heavy atom. The average Bonchev–Trinajstić information content (AvgIpc) is 2.68. The van der Waals surface area contributed by atoms with Gasteiger partial charge in [0.1, 0.15) is 0 Å². The van der Waals surface area contributed by atoms with Gasteiger partial charge in [0, 0.05) is 0 Å². The molecule has 0 aromatic carbocycles. The van der Waals surface area contributed by atoms with E-state index >= 15 is 0 Å². The molecule has 2 atom stereocenters. The van der Waals surface area contributed by atoms with Crippen molar-refractivity contribution in [2.24, 2.45) is 5.73 Å². The summed E-state index contributed by atoms with van der Waals surface area (Å²) in [6.07, 6.45) is 2.75. The molecule has 97 valence electrons. The molecule has 0 aliphatic rings. The fourth-order valence-electron chi connectivity index (χ4n) is 1.07. The summed E-state index contributed by atoms with van der Waals surface area (Å²) >= 11 is 0. The zero-order valence-electron chi connectivity index (χ0n) is 9.01. The van der Waals surface area contributed by atoms with Gasteiger partial charge in [0.15, 0.2) is 0 Å². The molecule has 1 rings (SSSR count). The van der Waals surface area contributed by atoms with Crippen LogP contribution in [0.2, 0.25) is 0 Å². The number of aromatic nitrogens is 2. The second-order valence-electron chi connectivity index (χ2n) is 3.39. The Morgan fingerprint density at radius 3 is 2.71 bits per heavy atom. The summed E-state index contributed by atoms with van der Waals surface area (Å²) < 4.78 is 0. The summed E-state index contributed by atoms with van der Waals surface area (Å²) in [6.45, 7) is 1.46. The summed E-state index contributed by atoms with van der Waals surface area (Å²) in [6, 6.07) is -1.91. The fourth-order valence-corrected chi connectivity index (χ4v) is 1.07. The first-order valence-corrected chi connectivity index (χ1v) is 4.69. The third kappa shape index (κ3) is 4.99. The molecule has 0 saturated carbocycles. The number of imidazole rings is 1. The molecule has 17 heavy (non-hydrogen) atoms. The number of carbonyl (C=O) groups excluding carboxylic acids is 2. The maximum atomic E-state index is 11.2. The summed E-state index contributed by atoms with van der Waals surface area (Å²) in [4.78, 5) is 29.5. The molecule has 0 bridgehead atoms. The van der Waals surface area contributed by atoms with Crippen LogP contribution >= 0.6 is 0 Å². The van der Waals surface area contributed by atoms with Gasteiger partial charge in [0.05, 0.1) is 18.1 Å². The molecule has 3 N–H and O–H groups in total. The molecule has 1 radical (unpaired) electrons.